The Hall–Kier alpha value is -2.38. The monoisotopic (exact) mass is 281 g/mol. The Bertz CT molecular complexity index is 691. The van der Waals surface area contributed by atoms with E-state index in [4.69, 9.17) is 5.26 Å². The second kappa shape index (κ2) is 5.94. The van der Waals surface area contributed by atoms with E-state index in [9.17, 15) is 4.39 Å². The molecular formula is C17H16FN3. The molecule has 1 heterocycles. The summed E-state index contributed by atoms with van der Waals surface area (Å²) in [5.41, 5.74) is 3.40. The van der Waals surface area contributed by atoms with Crippen molar-refractivity contribution in [1.29, 1.82) is 5.26 Å². The molecule has 4 heteroatoms. The fraction of sp³-hybridized carbons (Fsp3) is 0.235. The lowest BCUT2D eigenvalue weighted by atomic mass is 10.1. The number of nitriles is 1. The van der Waals surface area contributed by atoms with Crippen molar-refractivity contribution in [2.45, 2.75) is 13.1 Å². The Balaban J connectivity index is 1.93. The Kier molecular flexibility index (Phi) is 3.85. The number of rotatable bonds is 2. The second-order valence-corrected chi connectivity index (χ2v) is 5.15. The van der Waals surface area contributed by atoms with Crippen LogP contribution in [-0.4, -0.2) is 13.1 Å². The molecule has 0 amide bonds. The maximum Gasteiger partial charge on any atom is 0.128 e. The molecule has 0 aromatic heterocycles. The molecule has 3 nitrogen and oxygen atoms in total. The molecule has 0 saturated carbocycles. The largest absolute Gasteiger partial charge is 0.366 e. The Morgan fingerprint density at radius 1 is 1.24 bits per heavy atom. The average molecular weight is 281 g/mol. The minimum Gasteiger partial charge on any atom is -0.366 e. The molecule has 1 aliphatic heterocycles. The number of nitrogens with zero attached hydrogens (tertiary/aromatic N) is 2. The fourth-order valence-corrected chi connectivity index (χ4v) is 2.66. The summed E-state index contributed by atoms with van der Waals surface area (Å²) in [5, 5.41) is 12.3. The van der Waals surface area contributed by atoms with Gasteiger partial charge in [0.25, 0.3) is 0 Å². The van der Waals surface area contributed by atoms with Gasteiger partial charge < -0.3 is 10.2 Å². The van der Waals surface area contributed by atoms with Gasteiger partial charge in [-0.3, -0.25) is 0 Å². The molecule has 0 saturated heterocycles. The SMILES string of the molecule is N#Cc1ccc(F)c(CN2CCNCc3ccccc32)c1. The normalized spacial score (nSPS) is 14.2. The van der Waals surface area contributed by atoms with Crippen molar-refractivity contribution in [3.05, 3.63) is 65.0 Å². The summed E-state index contributed by atoms with van der Waals surface area (Å²) < 4.78 is 14.0. The lowest BCUT2D eigenvalue weighted by Gasteiger charge is -2.25. The highest BCUT2D eigenvalue weighted by Crippen LogP contribution is 2.24. The molecule has 21 heavy (non-hydrogen) atoms. The Labute approximate surface area is 123 Å². The molecule has 0 atom stereocenters. The first-order valence-corrected chi connectivity index (χ1v) is 7.00. The topological polar surface area (TPSA) is 39.1 Å². The van der Waals surface area contributed by atoms with Gasteiger partial charge in [-0.2, -0.15) is 5.26 Å². The summed E-state index contributed by atoms with van der Waals surface area (Å²) in [7, 11) is 0. The number of hydrogen-bond donors (Lipinski definition) is 1. The Morgan fingerprint density at radius 3 is 2.95 bits per heavy atom. The van der Waals surface area contributed by atoms with Crippen molar-refractivity contribution < 1.29 is 4.39 Å². The molecular weight excluding hydrogens is 265 g/mol. The van der Waals surface area contributed by atoms with Gasteiger partial charge in [-0.25, -0.2) is 4.39 Å². The number of halogens is 1. The van der Waals surface area contributed by atoms with Gasteiger partial charge in [-0.05, 0) is 29.8 Å². The van der Waals surface area contributed by atoms with Gasteiger partial charge in [-0.15, -0.1) is 0 Å². The molecule has 2 aromatic rings. The second-order valence-electron chi connectivity index (χ2n) is 5.15. The first-order chi connectivity index (χ1) is 10.3. The zero-order valence-electron chi connectivity index (χ0n) is 11.6. The van der Waals surface area contributed by atoms with Gasteiger partial charge in [0.1, 0.15) is 5.82 Å². The van der Waals surface area contributed by atoms with Gasteiger partial charge in [-0.1, -0.05) is 18.2 Å². The third kappa shape index (κ3) is 2.88. The van der Waals surface area contributed by atoms with Crippen LogP contribution in [0.3, 0.4) is 0 Å². The van der Waals surface area contributed by atoms with Crippen molar-refractivity contribution in [3.63, 3.8) is 0 Å². The third-order valence-electron chi connectivity index (χ3n) is 3.74. The van der Waals surface area contributed by atoms with E-state index in [0.717, 1.165) is 25.3 Å². The molecule has 106 valence electrons. The number of anilines is 1. The van der Waals surface area contributed by atoms with Crippen LogP contribution in [0.1, 0.15) is 16.7 Å². The molecule has 0 spiro atoms. The predicted molar refractivity (Wildman–Crippen MR) is 80.3 cm³/mol. The van der Waals surface area contributed by atoms with Gasteiger partial charge in [0.2, 0.25) is 0 Å². The van der Waals surface area contributed by atoms with Crippen LogP contribution in [-0.2, 0) is 13.1 Å². The van der Waals surface area contributed by atoms with Crippen molar-refractivity contribution in [2.75, 3.05) is 18.0 Å². The molecule has 0 bridgehead atoms. The van der Waals surface area contributed by atoms with Crippen molar-refractivity contribution in [3.8, 4) is 6.07 Å². The molecule has 0 unspecified atom stereocenters. The molecule has 3 rings (SSSR count). The summed E-state index contributed by atoms with van der Waals surface area (Å²) in [4.78, 5) is 2.16. The van der Waals surface area contributed by atoms with Crippen LogP contribution >= 0.6 is 0 Å². The highest BCUT2D eigenvalue weighted by Gasteiger charge is 2.16. The van der Waals surface area contributed by atoms with Crippen molar-refractivity contribution in [2.24, 2.45) is 0 Å². The lowest BCUT2D eigenvalue weighted by Crippen LogP contribution is -2.28. The van der Waals surface area contributed by atoms with Crippen LogP contribution in [0.2, 0.25) is 0 Å². The summed E-state index contributed by atoms with van der Waals surface area (Å²) in [6.07, 6.45) is 0. The maximum atomic E-state index is 14.0. The number of benzene rings is 2. The number of hydrogen-bond acceptors (Lipinski definition) is 3. The predicted octanol–water partition coefficient (Wildman–Crippen LogP) is 2.81. The minimum absolute atomic E-state index is 0.260. The summed E-state index contributed by atoms with van der Waals surface area (Å²) in [6, 6.07) is 14.7. The highest BCUT2D eigenvalue weighted by molar-refractivity contribution is 5.55. The van der Waals surface area contributed by atoms with Crippen molar-refractivity contribution in [1.82, 2.24) is 5.32 Å². The van der Waals surface area contributed by atoms with Crippen LogP contribution < -0.4 is 10.2 Å². The molecule has 0 fully saturated rings. The third-order valence-corrected chi connectivity index (χ3v) is 3.74. The van der Waals surface area contributed by atoms with E-state index in [1.807, 2.05) is 12.1 Å². The minimum atomic E-state index is -0.260. The summed E-state index contributed by atoms with van der Waals surface area (Å²) in [5.74, 6) is -0.260. The van der Waals surface area contributed by atoms with Crippen LogP contribution in [0.15, 0.2) is 42.5 Å². The van der Waals surface area contributed by atoms with Crippen LogP contribution in [0.4, 0.5) is 10.1 Å². The van der Waals surface area contributed by atoms with E-state index >= 15 is 0 Å². The highest BCUT2D eigenvalue weighted by atomic mass is 19.1. The number of nitrogens with one attached hydrogen (secondary N) is 1. The molecule has 2 aromatic carbocycles. The quantitative estimate of drug-likeness (QED) is 0.920. The van der Waals surface area contributed by atoms with E-state index in [-0.39, 0.29) is 5.82 Å². The first kappa shape index (κ1) is 13.6. The summed E-state index contributed by atoms with van der Waals surface area (Å²) in [6.45, 7) is 2.97. The Morgan fingerprint density at radius 2 is 2.10 bits per heavy atom. The van der Waals surface area contributed by atoms with Crippen molar-refractivity contribution >= 4 is 5.69 Å². The van der Waals surface area contributed by atoms with E-state index in [1.54, 1.807) is 6.07 Å². The zero-order chi connectivity index (χ0) is 14.7. The molecule has 1 N–H and O–H groups in total. The van der Waals surface area contributed by atoms with Crippen LogP contribution in [0, 0.1) is 17.1 Å². The van der Waals surface area contributed by atoms with Gasteiger partial charge in [0.15, 0.2) is 0 Å². The standard InChI is InChI=1S/C17H16FN3/c18-16-6-5-13(10-19)9-15(16)12-21-8-7-20-11-14-3-1-2-4-17(14)21/h1-6,9,20H,7-8,11-12H2. The van der Waals surface area contributed by atoms with E-state index in [2.05, 4.69) is 28.4 Å². The zero-order valence-corrected chi connectivity index (χ0v) is 11.6. The molecule has 0 radical (unpaired) electrons. The maximum absolute atomic E-state index is 14.0. The molecule has 0 aliphatic carbocycles. The number of para-hydroxylation sites is 1. The number of fused-ring (bicyclic) bond motifs is 1. The van der Waals surface area contributed by atoms with Gasteiger partial charge in [0.05, 0.1) is 11.6 Å². The lowest BCUT2D eigenvalue weighted by molar-refractivity contribution is 0.602. The van der Waals surface area contributed by atoms with E-state index in [0.29, 0.717) is 17.7 Å². The van der Waals surface area contributed by atoms with Crippen LogP contribution in [0.25, 0.3) is 0 Å². The average Bonchev–Trinajstić information content (AvgIpc) is 2.72. The van der Waals surface area contributed by atoms with E-state index < -0.39 is 0 Å². The fourth-order valence-electron chi connectivity index (χ4n) is 2.66. The smallest absolute Gasteiger partial charge is 0.128 e. The van der Waals surface area contributed by atoms with Gasteiger partial charge in [0, 0.05) is 37.4 Å². The van der Waals surface area contributed by atoms with E-state index in [1.165, 1.54) is 17.7 Å². The van der Waals surface area contributed by atoms with Crippen LogP contribution in [0.5, 0.6) is 0 Å². The molecule has 1 aliphatic rings. The summed E-state index contributed by atoms with van der Waals surface area (Å²) >= 11 is 0. The first-order valence-electron chi connectivity index (χ1n) is 7.00. The van der Waals surface area contributed by atoms with Gasteiger partial charge >= 0.3 is 0 Å².